The molecule has 158 valence electrons. The van der Waals surface area contributed by atoms with Crippen LogP contribution in [0.2, 0.25) is 0 Å². The van der Waals surface area contributed by atoms with Crippen molar-refractivity contribution in [3.05, 3.63) is 12.2 Å². The van der Waals surface area contributed by atoms with Gasteiger partial charge in [-0.25, -0.2) is 4.79 Å². The molecule has 0 aromatic rings. The summed E-state index contributed by atoms with van der Waals surface area (Å²) in [6.45, 7) is 7.03. The number of carboxylic acids is 1. The molecule has 4 aliphatic carbocycles. The standard InChI is InChI=1S/C24H38O4/c1-14(4-7-21(27)28)17-5-6-18-22-19(9-11-24(17,18)3)23(2)10-8-16(25)12-15(23)13-20(22)26/h4,7,14-20,22,25-26H,5-6,8-13H2,1-3H3,(H,27,28)/t14-,15?,16-,17-,18+,19+,20-,22+,23+,24-/m1/s1. The van der Waals surface area contributed by atoms with Crippen LogP contribution in [0.1, 0.15) is 72.1 Å². The number of aliphatic carboxylic acids is 1. The second kappa shape index (κ2) is 7.12. The molecule has 4 nitrogen and oxygen atoms in total. The van der Waals surface area contributed by atoms with Gasteiger partial charge in [0.15, 0.2) is 0 Å². The normalized spacial score (nSPS) is 52.0. The fourth-order valence-corrected chi connectivity index (χ4v) is 8.47. The summed E-state index contributed by atoms with van der Waals surface area (Å²) >= 11 is 0. The average molecular weight is 391 g/mol. The van der Waals surface area contributed by atoms with Crippen LogP contribution in [-0.2, 0) is 4.79 Å². The number of rotatable bonds is 3. The van der Waals surface area contributed by atoms with Crippen LogP contribution >= 0.6 is 0 Å². The molecule has 0 spiro atoms. The van der Waals surface area contributed by atoms with Crippen LogP contribution in [0.4, 0.5) is 0 Å². The summed E-state index contributed by atoms with van der Waals surface area (Å²) in [6.07, 6.45) is 11.1. The minimum absolute atomic E-state index is 0.187. The molecule has 28 heavy (non-hydrogen) atoms. The van der Waals surface area contributed by atoms with Crippen LogP contribution in [0.3, 0.4) is 0 Å². The third-order valence-electron chi connectivity index (χ3n) is 9.91. The molecule has 3 N–H and O–H groups in total. The molecule has 0 aromatic heterocycles. The third kappa shape index (κ3) is 3.06. The average Bonchev–Trinajstić information content (AvgIpc) is 2.98. The maximum absolute atomic E-state index is 11.2. The summed E-state index contributed by atoms with van der Waals surface area (Å²) in [4.78, 5) is 11.0. The van der Waals surface area contributed by atoms with Gasteiger partial charge in [0, 0.05) is 6.08 Å². The third-order valence-corrected chi connectivity index (χ3v) is 9.91. The van der Waals surface area contributed by atoms with E-state index in [0.29, 0.717) is 29.6 Å². The molecule has 4 aliphatic rings. The van der Waals surface area contributed by atoms with E-state index in [9.17, 15) is 15.0 Å². The van der Waals surface area contributed by atoms with Gasteiger partial charge in [-0.3, -0.25) is 0 Å². The zero-order valence-electron chi connectivity index (χ0n) is 17.7. The largest absolute Gasteiger partial charge is 0.478 e. The number of carboxylic acid groups (broad SMARTS) is 1. The number of allylic oxidation sites excluding steroid dienone is 1. The van der Waals surface area contributed by atoms with Crippen LogP contribution in [0.5, 0.6) is 0 Å². The van der Waals surface area contributed by atoms with Crippen LogP contribution in [0.15, 0.2) is 12.2 Å². The van der Waals surface area contributed by atoms with E-state index in [1.54, 1.807) is 0 Å². The molecular weight excluding hydrogens is 352 g/mol. The van der Waals surface area contributed by atoms with Crippen LogP contribution in [0.25, 0.3) is 0 Å². The summed E-state index contributed by atoms with van der Waals surface area (Å²) in [6, 6.07) is 0. The van der Waals surface area contributed by atoms with Gasteiger partial charge in [-0.15, -0.1) is 0 Å². The first kappa shape index (κ1) is 20.4. The second-order valence-corrected chi connectivity index (χ2v) is 11.0. The molecule has 1 unspecified atom stereocenters. The van der Waals surface area contributed by atoms with Crippen molar-refractivity contribution in [1.29, 1.82) is 0 Å². The Balaban J connectivity index is 1.59. The number of hydrogen-bond donors (Lipinski definition) is 3. The Morgan fingerprint density at radius 3 is 2.39 bits per heavy atom. The minimum Gasteiger partial charge on any atom is -0.478 e. The Morgan fingerprint density at radius 1 is 1.00 bits per heavy atom. The lowest BCUT2D eigenvalue weighted by molar-refractivity contribution is -0.173. The van der Waals surface area contributed by atoms with Gasteiger partial charge >= 0.3 is 5.97 Å². The first-order valence-electron chi connectivity index (χ1n) is 11.4. The van der Waals surface area contributed by atoms with E-state index < -0.39 is 5.97 Å². The number of aliphatic hydroxyl groups excluding tert-OH is 2. The molecule has 10 atom stereocenters. The Hall–Kier alpha value is -0.870. The Morgan fingerprint density at radius 2 is 1.68 bits per heavy atom. The van der Waals surface area contributed by atoms with Crippen molar-refractivity contribution in [2.75, 3.05) is 0 Å². The lowest BCUT2D eigenvalue weighted by atomic mass is 9.43. The lowest BCUT2D eigenvalue weighted by Crippen LogP contribution is -2.58. The summed E-state index contributed by atoms with van der Waals surface area (Å²) in [7, 11) is 0. The molecule has 0 heterocycles. The first-order valence-corrected chi connectivity index (χ1v) is 11.4. The van der Waals surface area contributed by atoms with Gasteiger partial charge < -0.3 is 15.3 Å². The van der Waals surface area contributed by atoms with Gasteiger partial charge in [-0.1, -0.05) is 26.8 Å². The highest BCUT2D eigenvalue weighted by molar-refractivity contribution is 5.79. The van der Waals surface area contributed by atoms with Crippen LogP contribution in [0, 0.1) is 46.3 Å². The van der Waals surface area contributed by atoms with Crippen molar-refractivity contribution in [1.82, 2.24) is 0 Å². The minimum atomic E-state index is -0.864. The first-order chi connectivity index (χ1) is 13.2. The highest BCUT2D eigenvalue weighted by Gasteiger charge is 2.62. The number of carbonyl (C=O) groups is 1. The Labute approximate surface area is 169 Å². The van der Waals surface area contributed by atoms with E-state index in [0.717, 1.165) is 38.5 Å². The highest BCUT2D eigenvalue weighted by Crippen LogP contribution is 2.68. The SMILES string of the molecule is C[C@H](C=CC(=O)O)[C@H]1CC[C@H]2[C@@H]3[C@H](O)CC4C[C@H](O)CC[C@]4(C)[C@H]3CC[C@]12C. The van der Waals surface area contributed by atoms with Gasteiger partial charge in [0.05, 0.1) is 12.2 Å². The fourth-order valence-electron chi connectivity index (χ4n) is 8.47. The van der Waals surface area contributed by atoms with E-state index in [2.05, 4.69) is 20.8 Å². The fraction of sp³-hybridized carbons (Fsp3) is 0.875. The number of fused-ring (bicyclic) bond motifs is 5. The van der Waals surface area contributed by atoms with Crippen LogP contribution in [-0.4, -0.2) is 33.5 Å². The molecule has 0 saturated heterocycles. The highest BCUT2D eigenvalue weighted by atomic mass is 16.4. The summed E-state index contributed by atoms with van der Waals surface area (Å²) in [5.41, 5.74) is 0.457. The molecule has 0 aromatic carbocycles. The predicted molar refractivity (Wildman–Crippen MR) is 109 cm³/mol. The topological polar surface area (TPSA) is 77.8 Å². The van der Waals surface area contributed by atoms with Crippen molar-refractivity contribution in [3.63, 3.8) is 0 Å². The smallest absolute Gasteiger partial charge is 0.327 e. The van der Waals surface area contributed by atoms with Crippen molar-refractivity contribution in [3.8, 4) is 0 Å². The van der Waals surface area contributed by atoms with E-state index in [1.165, 1.54) is 18.9 Å². The van der Waals surface area contributed by atoms with E-state index in [1.807, 2.05) is 6.08 Å². The van der Waals surface area contributed by atoms with E-state index >= 15 is 0 Å². The van der Waals surface area contributed by atoms with Crippen molar-refractivity contribution in [2.24, 2.45) is 46.3 Å². The zero-order chi connectivity index (χ0) is 20.3. The zero-order valence-corrected chi connectivity index (χ0v) is 17.7. The van der Waals surface area contributed by atoms with Gasteiger partial charge in [-0.05, 0) is 97.7 Å². The maximum atomic E-state index is 11.2. The maximum Gasteiger partial charge on any atom is 0.327 e. The van der Waals surface area contributed by atoms with Crippen molar-refractivity contribution >= 4 is 5.97 Å². The van der Waals surface area contributed by atoms with Gasteiger partial charge in [0.1, 0.15) is 0 Å². The van der Waals surface area contributed by atoms with Crippen LogP contribution < -0.4 is 0 Å². The summed E-state index contributed by atoms with van der Waals surface area (Å²) < 4.78 is 0. The molecule has 4 fully saturated rings. The molecule has 0 radical (unpaired) electrons. The molecule has 4 rings (SSSR count). The number of hydrogen-bond acceptors (Lipinski definition) is 3. The summed E-state index contributed by atoms with van der Waals surface area (Å²) in [5, 5.41) is 30.4. The summed E-state index contributed by atoms with van der Waals surface area (Å²) in [5.74, 6) is 1.82. The van der Waals surface area contributed by atoms with E-state index in [4.69, 9.17) is 5.11 Å². The van der Waals surface area contributed by atoms with Gasteiger partial charge in [-0.2, -0.15) is 0 Å². The molecule has 0 amide bonds. The molecule has 0 bridgehead atoms. The van der Waals surface area contributed by atoms with Crippen molar-refractivity contribution < 1.29 is 20.1 Å². The molecule has 4 saturated carbocycles. The van der Waals surface area contributed by atoms with Gasteiger partial charge in [0.25, 0.3) is 0 Å². The quantitative estimate of drug-likeness (QED) is 0.630. The lowest BCUT2D eigenvalue weighted by Gasteiger charge is -2.62. The molecule has 0 aliphatic heterocycles. The van der Waals surface area contributed by atoms with Gasteiger partial charge in [0.2, 0.25) is 0 Å². The van der Waals surface area contributed by atoms with Crippen molar-refractivity contribution in [2.45, 2.75) is 84.3 Å². The molecular formula is C24H38O4. The number of aliphatic hydroxyl groups is 2. The van der Waals surface area contributed by atoms with E-state index in [-0.39, 0.29) is 29.0 Å². The Kier molecular flexibility index (Phi) is 5.19. The predicted octanol–water partition coefficient (Wildman–Crippen LogP) is 4.25. The monoisotopic (exact) mass is 390 g/mol. The molecule has 4 heteroatoms. The Bertz CT molecular complexity index is 645. The second-order valence-electron chi connectivity index (χ2n) is 11.0.